The highest BCUT2D eigenvalue weighted by Crippen LogP contribution is 2.48. The van der Waals surface area contributed by atoms with Crippen LogP contribution < -0.4 is 14.8 Å². The Morgan fingerprint density at radius 1 is 1.06 bits per heavy atom. The van der Waals surface area contributed by atoms with E-state index in [1.54, 1.807) is 32.4 Å². The van der Waals surface area contributed by atoms with Gasteiger partial charge in [-0.2, -0.15) is 0 Å². The summed E-state index contributed by atoms with van der Waals surface area (Å²) in [6, 6.07) is 10.8. The number of carbonyl (C=O) groups is 2. The molecule has 2 aromatic carbocycles. The van der Waals surface area contributed by atoms with Crippen LogP contribution in [0, 0.1) is 0 Å². The van der Waals surface area contributed by atoms with Gasteiger partial charge in [-0.15, -0.1) is 0 Å². The minimum Gasteiger partial charge on any atom is -0.493 e. The number of rotatable bonds is 7. The van der Waals surface area contributed by atoms with Crippen LogP contribution in [0.25, 0.3) is 0 Å². The first-order valence-electron chi connectivity index (χ1n) is 11.9. The molecule has 0 bridgehead atoms. The first-order chi connectivity index (χ1) is 17.3. The van der Waals surface area contributed by atoms with Crippen molar-refractivity contribution in [3.63, 3.8) is 0 Å². The molecule has 8 heteroatoms. The number of hydrogen-bond acceptors (Lipinski definition) is 6. The second kappa shape index (κ2) is 11.0. The molecule has 4 rings (SSSR count). The first kappa shape index (κ1) is 26.1. The van der Waals surface area contributed by atoms with Gasteiger partial charge in [-0.1, -0.05) is 42.3 Å². The van der Waals surface area contributed by atoms with Gasteiger partial charge in [0.25, 0.3) is 0 Å². The lowest BCUT2D eigenvalue weighted by Gasteiger charge is -2.37. The van der Waals surface area contributed by atoms with Gasteiger partial charge in [-0.25, -0.2) is 4.79 Å². The fourth-order valence-corrected chi connectivity index (χ4v) is 5.49. The van der Waals surface area contributed by atoms with Crippen LogP contribution in [0.3, 0.4) is 0 Å². The van der Waals surface area contributed by atoms with Gasteiger partial charge in [0.15, 0.2) is 17.3 Å². The SMILES string of the molecule is CCCOC(=O)C1=C(C)NC2=C(C(=O)C[C@@H](c3ccc(OC)c(OC)c3)C2)[C@@H]1c1ccc(Cl)cc1Cl. The van der Waals surface area contributed by atoms with Crippen LogP contribution in [0.4, 0.5) is 0 Å². The van der Waals surface area contributed by atoms with Crippen LogP contribution in [0.5, 0.6) is 11.5 Å². The third-order valence-electron chi connectivity index (χ3n) is 6.64. The number of halogens is 2. The molecule has 0 radical (unpaired) electrons. The third kappa shape index (κ3) is 4.97. The number of hydrogen-bond donors (Lipinski definition) is 1. The van der Waals surface area contributed by atoms with E-state index in [2.05, 4.69) is 5.32 Å². The molecular weight excluding hydrogens is 501 g/mol. The number of allylic oxidation sites excluding steroid dienone is 3. The van der Waals surface area contributed by atoms with Crippen molar-refractivity contribution in [1.29, 1.82) is 0 Å². The molecule has 6 nitrogen and oxygen atoms in total. The van der Waals surface area contributed by atoms with Gasteiger partial charge in [0.2, 0.25) is 0 Å². The van der Waals surface area contributed by atoms with Crippen molar-refractivity contribution in [1.82, 2.24) is 5.32 Å². The monoisotopic (exact) mass is 529 g/mol. The van der Waals surface area contributed by atoms with Crippen molar-refractivity contribution in [2.75, 3.05) is 20.8 Å². The van der Waals surface area contributed by atoms with E-state index in [1.807, 2.05) is 32.0 Å². The topological polar surface area (TPSA) is 73.9 Å². The van der Waals surface area contributed by atoms with E-state index in [9.17, 15) is 9.59 Å². The van der Waals surface area contributed by atoms with Gasteiger partial charge in [-0.3, -0.25) is 4.79 Å². The van der Waals surface area contributed by atoms with Crippen LogP contribution in [-0.2, 0) is 14.3 Å². The van der Waals surface area contributed by atoms with Crippen LogP contribution in [0.15, 0.2) is 58.9 Å². The molecule has 2 aliphatic rings. The molecule has 1 aliphatic carbocycles. The van der Waals surface area contributed by atoms with E-state index in [0.717, 1.165) is 11.3 Å². The molecule has 0 spiro atoms. The number of dihydropyridines is 1. The van der Waals surface area contributed by atoms with Gasteiger partial charge in [-0.05, 0) is 61.1 Å². The number of benzene rings is 2. The molecule has 1 N–H and O–H groups in total. The molecule has 0 fully saturated rings. The smallest absolute Gasteiger partial charge is 0.336 e. The molecule has 0 saturated heterocycles. The Balaban J connectivity index is 1.79. The standard InChI is InChI=1S/C28H29Cl2NO5/c1-5-10-36-28(33)25-15(2)31-21-11-17(16-6-9-23(34-3)24(13-16)35-4)12-22(32)27(21)26(25)19-8-7-18(29)14-20(19)30/h6-9,13-14,17,26,31H,5,10-12H2,1-4H3/t17-,26+/m0/s1. The highest BCUT2D eigenvalue weighted by Gasteiger charge is 2.42. The molecule has 2 aromatic rings. The maximum atomic E-state index is 13.7. The van der Waals surface area contributed by atoms with Gasteiger partial charge in [0, 0.05) is 39.4 Å². The van der Waals surface area contributed by atoms with Gasteiger partial charge >= 0.3 is 5.97 Å². The molecule has 0 aromatic heterocycles. The van der Waals surface area contributed by atoms with Crippen molar-refractivity contribution in [3.8, 4) is 11.5 Å². The maximum absolute atomic E-state index is 13.7. The second-order valence-electron chi connectivity index (χ2n) is 8.93. The van der Waals surface area contributed by atoms with Crippen molar-refractivity contribution < 1.29 is 23.8 Å². The van der Waals surface area contributed by atoms with Crippen molar-refractivity contribution in [2.24, 2.45) is 0 Å². The van der Waals surface area contributed by atoms with Crippen molar-refractivity contribution >= 4 is 35.0 Å². The Kier molecular flexibility index (Phi) is 7.96. The zero-order valence-corrected chi connectivity index (χ0v) is 22.3. The first-order valence-corrected chi connectivity index (χ1v) is 12.6. The lowest BCUT2D eigenvalue weighted by molar-refractivity contribution is -0.139. The molecule has 190 valence electrons. The largest absolute Gasteiger partial charge is 0.493 e. The molecule has 1 aliphatic heterocycles. The van der Waals surface area contributed by atoms with E-state index in [0.29, 0.717) is 56.8 Å². The Bertz CT molecular complexity index is 1270. The summed E-state index contributed by atoms with van der Waals surface area (Å²) in [4.78, 5) is 26.9. The molecular formula is C28H29Cl2NO5. The van der Waals surface area contributed by atoms with Crippen LogP contribution in [0.1, 0.15) is 56.1 Å². The fraction of sp³-hybridized carbons (Fsp3) is 0.357. The van der Waals surface area contributed by atoms with Gasteiger partial charge in [0.1, 0.15) is 0 Å². The number of nitrogens with one attached hydrogen (secondary N) is 1. The number of Topliss-reactive ketones (excluding diaryl/α,β-unsaturated/α-hetero) is 1. The van der Waals surface area contributed by atoms with E-state index in [4.69, 9.17) is 37.4 Å². The van der Waals surface area contributed by atoms with Gasteiger partial charge in [0.05, 0.1) is 26.4 Å². The summed E-state index contributed by atoms with van der Waals surface area (Å²) in [7, 11) is 3.18. The average molecular weight is 530 g/mol. The van der Waals surface area contributed by atoms with Crippen LogP contribution in [-0.4, -0.2) is 32.6 Å². The molecule has 36 heavy (non-hydrogen) atoms. The van der Waals surface area contributed by atoms with E-state index in [1.165, 1.54) is 0 Å². The van der Waals surface area contributed by atoms with Crippen LogP contribution in [0.2, 0.25) is 10.0 Å². The Morgan fingerprint density at radius 2 is 1.81 bits per heavy atom. The fourth-order valence-electron chi connectivity index (χ4n) is 4.97. The second-order valence-corrected chi connectivity index (χ2v) is 9.78. The average Bonchev–Trinajstić information content (AvgIpc) is 2.86. The summed E-state index contributed by atoms with van der Waals surface area (Å²) in [5, 5.41) is 4.22. The summed E-state index contributed by atoms with van der Waals surface area (Å²) >= 11 is 12.8. The quantitative estimate of drug-likeness (QED) is 0.422. The van der Waals surface area contributed by atoms with E-state index < -0.39 is 11.9 Å². The Morgan fingerprint density at radius 3 is 2.47 bits per heavy atom. The minimum atomic E-state index is -0.644. The molecule has 0 unspecified atom stereocenters. The zero-order valence-electron chi connectivity index (χ0n) is 20.7. The molecule has 1 heterocycles. The number of carbonyl (C=O) groups excluding carboxylic acids is 2. The summed E-state index contributed by atoms with van der Waals surface area (Å²) in [6.07, 6.45) is 1.57. The Labute approximate surface area is 221 Å². The van der Waals surface area contributed by atoms with Crippen LogP contribution >= 0.6 is 23.2 Å². The number of esters is 1. The zero-order chi connectivity index (χ0) is 26.0. The summed E-state index contributed by atoms with van der Waals surface area (Å²) < 4.78 is 16.3. The Hall–Kier alpha value is -2.96. The molecule has 0 saturated carbocycles. The maximum Gasteiger partial charge on any atom is 0.336 e. The summed E-state index contributed by atoms with van der Waals surface area (Å²) in [5.74, 6) is 0.0276. The minimum absolute atomic E-state index is 0.0483. The van der Waals surface area contributed by atoms with E-state index >= 15 is 0 Å². The number of ketones is 1. The molecule has 2 atom stereocenters. The van der Waals surface area contributed by atoms with Gasteiger partial charge < -0.3 is 19.5 Å². The van der Waals surface area contributed by atoms with Crippen molar-refractivity contribution in [2.45, 2.75) is 44.9 Å². The predicted molar refractivity (Wildman–Crippen MR) is 140 cm³/mol. The summed E-state index contributed by atoms with van der Waals surface area (Å²) in [5.41, 5.74) is 3.99. The number of methoxy groups -OCH3 is 2. The summed E-state index contributed by atoms with van der Waals surface area (Å²) in [6.45, 7) is 4.05. The molecule has 0 amide bonds. The third-order valence-corrected chi connectivity index (χ3v) is 7.20. The predicted octanol–water partition coefficient (Wildman–Crippen LogP) is 6.33. The lowest BCUT2D eigenvalue weighted by atomic mass is 9.71. The highest BCUT2D eigenvalue weighted by atomic mass is 35.5. The van der Waals surface area contributed by atoms with E-state index in [-0.39, 0.29) is 24.7 Å². The highest BCUT2D eigenvalue weighted by molar-refractivity contribution is 6.35. The normalized spacial score (nSPS) is 19.6. The van der Waals surface area contributed by atoms with Crippen molar-refractivity contribution in [3.05, 3.63) is 80.1 Å². The number of ether oxygens (including phenoxy) is 3. The lowest BCUT2D eigenvalue weighted by Crippen LogP contribution is -2.36.